The molecule has 0 radical (unpaired) electrons. The quantitative estimate of drug-likeness (QED) is 0.826. The van der Waals surface area contributed by atoms with Crippen molar-refractivity contribution in [2.24, 2.45) is 0 Å². The van der Waals surface area contributed by atoms with Crippen LogP contribution in [-0.4, -0.2) is 17.9 Å². The third-order valence-corrected chi connectivity index (χ3v) is 3.86. The minimum Gasteiger partial charge on any atom is -0.396 e. The molecule has 0 aliphatic heterocycles. The van der Waals surface area contributed by atoms with Gasteiger partial charge in [-0.3, -0.25) is 4.79 Å². The Kier molecular flexibility index (Phi) is 4.85. The highest BCUT2D eigenvalue weighted by Gasteiger charge is 2.17. The summed E-state index contributed by atoms with van der Waals surface area (Å²) in [6, 6.07) is 9.78. The Hall–Kier alpha value is -1.59. The first-order valence-electron chi connectivity index (χ1n) is 6.13. The number of nitrogens with zero attached hydrogens (tertiary/aromatic N) is 1. The Morgan fingerprint density at radius 2 is 2.10 bits per heavy atom. The van der Waals surface area contributed by atoms with Gasteiger partial charge in [0.05, 0.1) is 11.3 Å². The number of hydrogen-bond acceptors (Lipinski definition) is 2. The summed E-state index contributed by atoms with van der Waals surface area (Å²) in [6.45, 7) is 0.392. The summed E-state index contributed by atoms with van der Waals surface area (Å²) < 4.78 is 13.7. The Bertz CT molecular complexity index is 693. The molecule has 21 heavy (non-hydrogen) atoms. The van der Waals surface area contributed by atoms with Crippen LogP contribution >= 0.6 is 27.5 Å². The molecule has 2 rings (SSSR count). The number of nitrogen functional groups attached to an aromatic ring is 1. The van der Waals surface area contributed by atoms with E-state index in [0.717, 1.165) is 5.56 Å². The molecule has 1 amide bonds. The average molecular weight is 372 g/mol. The van der Waals surface area contributed by atoms with Crippen molar-refractivity contribution in [3.8, 4) is 0 Å². The van der Waals surface area contributed by atoms with Gasteiger partial charge in [0.15, 0.2) is 0 Å². The molecule has 0 fully saturated rings. The Balaban J connectivity index is 2.22. The van der Waals surface area contributed by atoms with Crippen molar-refractivity contribution in [2.75, 3.05) is 12.8 Å². The highest BCUT2D eigenvalue weighted by atomic mass is 79.9. The van der Waals surface area contributed by atoms with E-state index in [-0.39, 0.29) is 11.6 Å². The molecule has 2 aromatic carbocycles. The number of amides is 1. The van der Waals surface area contributed by atoms with Crippen LogP contribution in [0.5, 0.6) is 0 Å². The van der Waals surface area contributed by atoms with Gasteiger partial charge in [0.25, 0.3) is 5.91 Å². The van der Waals surface area contributed by atoms with Crippen molar-refractivity contribution >= 4 is 39.1 Å². The van der Waals surface area contributed by atoms with Gasteiger partial charge in [-0.2, -0.15) is 0 Å². The minimum absolute atomic E-state index is 0.0577. The lowest BCUT2D eigenvalue weighted by atomic mass is 10.1. The molecule has 2 N–H and O–H groups in total. The summed E-state index contributed by atoms with van der Waals surface area (Å²) in [5, 5.41) is 0.612. The van der Waals surface area contributed by atoms with Crippen LogP contribution in [0.15, 0.2) is 40.9 Å². The normalized spacial score (nSPS) is 10.5. The fourth-order valence-corrected chi connectivity index (χ4v) is 2.61. The maximum absolute atomic E-state index is 13.3. The minimum atomic E-state index is -0.559. The number of carbonyl (C=O) groups excluding carboxylic acids is 1. The Morgan fingerprint density at radius 1 is 1.38 bits per heavy atom. The number of carbonyl (C=O) groups is 1. The first-order chi connectivity index (χ1) is 9.88. The van der Waals surface area contributed by atoms with Gasteiger partial charge >= 0.3 is 0 Å². The largest absolute Gasteiger partial charge is 0.396 e. The lowest BCUT2D eigenvalue weighted by molar-refractivity contribution is 0.0784. The highest BCUT2D eigenvalue weighted by molar-refractivity contribution is 9.10. The van der Waals surface area contributed by atoms with Crippen molar-refractivity contribution in [1.29, 1.82) is 0 Å². The van der Waals surface area contributed by atoms with Crippen molar-refractivity contribution in [2.45, 2.75) is 6.54 Å². The molecule has 0 saturated carbocycles. The average Bonchev–Trinajstić information content (AvgIpc) is 2.42. The van der Waals surface area contributed by atoms with E-state index >= 15 is 0 Å². The molecule has 0 heterocycles. The van der Waals surface area contributed by atoms with E-state index in [1.165, 1.54) is 17.0 Å². The molecule has 6 heteroatoms. The van der Waals surface area contributed by atoms with Crippen molar-refractivity contribution < 1.29 is 9.18 Å². The first-order valence-corrected chi connectivity index (χ1v) is 7.30. The number of hydrogen-bond donors (Lipinski definition) is 1. The second-order valence-corrected chi connectivity index (χ2v) is 5.94. The number of benzene rings is 2. The van der Waals surface area contributed by atoms with Crippen LogP contribution in [0.4, 0.5) is 10.1 Å². The van der Waals surface area contributed by atoms with E-state index < -0.39 is 5.82 Å². The molecule has 2 aromatic rings. The highest BCUT2D eigenvalue weighted by Crippen LogP contribution is 2.24. The van der Waals surface area contributed by atoms with Gasteiger partial charge < -0.3 is 10.6 Å². The molecule has 3 nitrogen and oxygen atoms in total. The van der Waals surface area contributed by atoms with Crippen LogP contribution in [0.2, 0.25) is 5.02 Å². The molecule has 0 bridgehead atoms. The maximum Gasteiger partial charge on any atom is 0.255 e. The van der Waals surface area contributed by atoms with Crippen LogP contribution in [0, 0.1) is 5.82 Å². The monoisotopic (exact) mass is 370 g/mol. The SMILES string of the molecule is CN(Cc1cccc(Cl)c1)C(=O)c1cc(N)c(F)cc1Br. The zero-order chi connectivity index (χ0) is 15.6. The lowest BCUT2D eigenvalue weighted by Crippen LogP contribution is -2.26. The zero-order valence-corrected chi connectivity index (χ0v) is 13.6. The molecule has 0 aliphatic carbocycles. The fourth-order valence-electron chi connectivity index (χ4n) is 1.92. The smallest absolute Gasteiger partial charge is 0.255 e. The number of halogens is 3. The van der Waals surface area contributed by atoms with E-state index in [4.69, 9.17) is 17.3 Å². The number of nitrogens with two attached hydrogens (primary N) is 1. The number of rotatable bonds is 3. The van der Waals surface area contributed by atoms with Gasteiger partial charge in [-0.05, 0) is 45.8 Å². The van der Waals surface area contributed by atoms with Crippen LogP contribution in [0.3, 0.4) is 0 Å². The summed E-state index contributed by atoms with van der Waals surface area (Å²) in [7, 11) is 1.66. The second-order valence-electron chi connectivity index (χ2n) is 4.64. The predicted molar refractivity (Wildman–Crippen MR) is 85.8 cm³/mol. The van der Waals surface area contributed by atoms with Crippen molar-refractivity contribution in [3.05, 3.63) is 62.8 Å². The van der Waals surface area contributed by atoms with Crippen LogP contribution in [-0.2, 0) is 6.54 Å². The summed E-state index contributed by atoms with van der Waals surface area (Å²) in [5.74, 6) is -0.815. The first kappa shape index (κ1) is 15.8. The Labute approximate surface area is 135 Å². The standard InChI is InChI=1S/C15H13BrClFN2O/c1-20(8-9-3-2-4-10(17)5-9)15(21)11-6-14(19)13(18)7-12(11)16/h2-7H,8,19H2,1H3. The second kappa shape index (κ2) is 6.45. The third-order valence-electron chi connectivity index (χ3n) is 2.97. The Morgan fingerprint density at radius 3 is 2.76 bits per heavy atom. The molecule has 0 atom stereocenters. The van der Waals surface area contributed by atoms with Gasteiger partial charge in [-0.1, -0.05) is 23.7 Å². The van der Waals surface area contributed by atoms with Crippen molar-refractivity contribution in [3.63, 3.8) is 0 Å². The fraction of sp³-hybridized carbons (Fsp3) is 0.133. The third kappa shape index (κ3) is 3.74. The molecular weight excluding hydrogens is 359 g/mol. The van der Waals surface area contributed by atoms with Gasteiger partial charge in [0, 0.05) is 23.1 Å². The maximum atomic E-state index is 13.3. The molecule has 0 aromatic heterocycles. The lowest BCUT2D eigenvalue weighted by Gasteiger charge is -2.18. The van der Waals surface area contributed by atoms with E-state index in [1.807, 2.05) is 12.1 Å². The molecule has 0 unspecified atom stereocenters. The van der Waals surface area contributed by atoms with E-state index in [0.29, 0.717) is 21.6 Å². The van der Waals surface area contributed by atoms with Crippen molar-refractivity contribution in [1.82, 2.24) is 4.90 Å². The van der Waals surface area contributed by atoms with Crippen LogP contribution in [0.25, 0.3) is 0 Å². The van der Waals surface area contributed by atoms with E-state index in [9.17, 15) is 9.18 Å². The van der Waals surface area contributed by atoms with E-state index in [1.54, 1.807) is 19.2 Å². The van der Waals surface area contributed by atoms with Gasteiger partial charge in [0.1, 0.15) is 5.82 Å². The predicted octanol–water partition coefficient (Wildman–Crippen LogP) is 4.10. The summed E-state index contributed by atoms with van der Waals surface area (Å²) >= 11 is 9.10. The number of anilines is 1. The van der Waals surface area contributed by atoms with Gasteiger partial charge in [-0.15, -0.1) is 0 Å². The van der Waals surface area contributed by atoms with Gasteiger partial charge in [-0.25, -0.2) is 4.39 Å². The summed E-state index contributed by atoms with van der Waals surface area (Å²) in [4.78, 5) is 13.9. The van der Waals surface area contributed by atoms with Crippen LogP contribution < -0.4 is 5.73 Å². The molecule has 0 aliphatic rings. The van der Waals surface area contributed by atoms with Gasteiger partial charge in [0.2, 0.25) is 0 Å². The van der Waals surface area contributed by atoms with E-state index in [2.05, 4.69) is 15.9 Å². The molecule has 110 valence electrons. The molecule has 0 spiro atoms. The van der Waals surface area contributed by atoms with Crippen LogP contribution in [0.1, 0.15) is 15.9 Å². The zero-order valence-electron chi connectivity index (χ0n) is 11.2. The molecule has 0 saturated heterocycles. The summed E-state index contributed by atoms with van der Waals surface area (Å²) in [5.41, 5.74) is 6.68. The molecular formula is C15H13BrClFN2O. The topological polar surface area (TPSA) is 46.3 Å². The summed E-state index contributed by atoms with van der Waals surface area (Å²) in [6.07, 6.45) is 0.